The maximum absolute atomic E-state index is 5.64. The molecule has 0 fully saturated rings. The van der Waals surface area contributed by atoms with Crippen LogP contribution in [0.5, 0.6) is 0 Å². The zero-order chi connectivity index (χ0) is 10.3. The van der Waals surface area contributed by atoms with E-state index in [0.717, 1.165) is 0 Å². The minimum atomic E-state index is 0.119. The SMILES string of the molecule is C=CCOC(/C(C)=C\C)/C(C)=C\C. The predicted octanol–water partition coefficient (Wildman–Crippen LogP) is 3.49. The van der Waals surface area contributed by atoms with Gasteiger partial charge >= 0.3 is 0 Å². The second kappa shape index (κ2) is 6.67. The molecule has 0 N–H and O–H groups in total. The first kappa shape index (κ1) is 12.2. The van der Waals surface area contributed by atoms with E-state index in [1.54, 1.807) is 6.08 Å². The topological polar surface area (TPSA) is 9.23 Å². The summed E-state index contributed by atoms with van der Waals surface area (Å²) in [7, 11) is 0. The molecule has 1 heteroatoms. The van der Waals surface area contributed by atoms with Crippen LogP contribution in [-0.4, -0.2) is 12.7 Å². The highest BCUT2D eigenvalue weighted by molar-refractivity contribution is 5.19. The fourth-order valence-corrected chi connectivity index (χ4v) is 1.09. The summed E-state index contributed by atoms with van der Waals surface area (Å²) in [5.74, 6) is 0. The number of hydrogen-bond acceptors (Lipinski definition) is 1. The summed E-state index contributed by atoms with van der Waals surface area (Å²) in [5, 5.41) is 0. The van der Waals surface area contributed by atoms with Crippen LogP contribution in [0.2, 0.25) is 0 Å². The van der Waals surface area contributed by atoms with Crippen molar-refractivity contribution in [2.75, 3.05) is 6.61 Å². The van der Waals surface area contributed by atoms with E-state index in [-0.39, 0.29) is 6.10 Å². The van der Waals surface area contributed by atoms with E-state index < -0.39 is 0 Å². The van der Waals surface area contributed by atoms with E-state index >= 15 is 0 Å². The van der Waals surface area contributed by atoms with Crippen LogP contribution >= 0.6 is 0 Å². The summed E-state index contributed by atoms with van der Waals surface area (Å²) in [5.41, 5.74) is 2.50. The Bertz CT molecular complexity index is 193. The lowest BCUT2D eigenvalue weighted by Gasteiger charge is -2.18. The Balaban J connectivity index is 4.45. The average molecular weight is 180 g/mol. The van der Waals surface area contributed by atoms with Gasteiger partial charge in [-0.25, -0.2) is 0 Å². The van der Waals surface area contributed by atoms with Crippen LogP contribution in [0.4, 0.5) is 0 Å². The van der Waals surface area contributed by atoms with Gasteiger partial charge in [0.2, 0.25) is 0 Å². The van der Waals surface area contributed by atoms with E-state index in [0.29, 0.717) is 6.61 Å². The van der Waals surface area contributed by atoms with Crippen LogP contribution < -0.4 is 0 Å². The summed E-state index contributed by atoms with van der Waals surface area (Å²) in [6.07, 6.45) is 6.06. The molecule has 0 aliphatic heterocycles. The first-order valence-electron chi connectivity index (χ1n) is 4.65. The second-order valence-electron chi connectivity index (χ2n) is 3.07. The molecule has 13 heavy (non-hydrogen) atoms. The summed E-state index contributed by atoms with van der Waals surface area (Å²) in [6.45, 7) is 12.5. The lowest BCUT2D eigenvalue weighted by atomic mass is 10.0. The van der Waals surface area contributed by atoms with E-state index in [2.05, 4.69) is 32.6 Å². The third-order valence-corrected chi connectivity index (χ3v) is 2.12. The molecule has 0 aliphatic rings. The van der Waals surface area contributed by atoms with Gasteiger partial charge in [0.25, 0.3) is 0 Å². The van der Waals surface area contributed by atoms with Crippen molar-refractivity contribution in [3.63, 3.8) is 0 Å². The maximum Gasteiger partial charge on any atom is 0.0994 e. The molecule has 0 radical (unpaired) electrons. The zero-order valence-electron chi connectivity index (χ0n) is 9.13. The Labute approximate surface area is 81.8 Å². The van der Waals surface area contributed by atoms with E-state index in [1.807, 2.05) is 13.8 Å². The molecular weight excluding hydrogens is 160 g/mol. The highest BCUT2D eigenvalue weighted by atomic mass is 16.5. The van der Waals surface area contributed by atoms with Crippen molar-refractivity contribution in [1.82, 2.24) is 0 Å². The third-order valence-electron chi connectivity index (χ3n) is 2.12. The van der Waals surface area contributed by atoms with Crippen LogP contribution in [0.3, 0.4) is 0 Å². The first-order chi connectivity index (χ1) is 6.17. The monoisotopic (exact) mass is 180 g/mol. The third kappa shape index (κ3) is 4.09. The van der Waals surface area contributed by atoms with Gasteiger partial charge in [0, 0.05) is 0 Å². The molecule has 74 valence electrons. The van der Waals surface area contributed by atoms with Crippen molar-refractivity contribution >= 4 is 0 Å². The van der Waals surface area contributed by atoms with E-state index in [9.17, 15) is 0 Å². The van der Waals surface area contributed by atoms with Crippen LogP contribution in [-0.2, 0) is 4.74 Å². The summed E-state index contributed by atoms with van der Waals surface area (Å²) >= 11 is 0. The number of allylic oxidation sites excluding steroid dienone is 2. The quantitative estimate of drug-likeness (QED) is 0.588. The van der Waals surface area contributed by atoms with Gasteiger partial charge in [-0.15, -0.1) is 6.58 Å². The van der Waals surface area contributed by atoms with Crippen molar-refractivity contribution in [2.45, 2.75) is 33.8 Å². The largest absolute Gasteiger partial charge is 0.365 e. The van der Waals surface area contributed by atoms with Gasteiger partial charge in [0.05, 0.1) is 12.7 Å². The van der Waals surface area contributed by atoms with E-state index in [1.165, 1.54) is 11.1 Å². The average Bonchev–Trinajstić information content (AvgIpc) is 2.17. The molecule has 0 amide bonds. The van der Waals surface area contributed by atoms with Gasteiger partial charge in [-0.1, -0.05) is 18.2 Å². The van der Waals surface area contributed by atoms with Crippen molar-refractivity contribution in [1.29, 1.82) is 0 Å². The minimum Gasteiger partial charge on any atom is -0.365 e. The molecule has 0 atom stereocenters. The molecule has 0 aromatic carbocycles. The Morgan fingerprint density at radius 1 is 1.23 bits per heavy atom. The van der Waals surface area contributed by atoms with Crippen LogP contribution in [0.15, 0.2) is 36.0 Å². The second-order valence-corrected chi connectivity index (χ2v) is 3.07. The van der Waals surface area contributed by atoms with Gasteiger partial charge in [0.1, 0.15) is 0 Å². The predicted molar refractivity (Wildman–Crippen MR) is 58.8 cm³/mol. The van der Waals surface area contributed by atoms with Gasteiger partial charge in [0.15, 0.2) is 0 Å². The Morgan fingerprint density at radius 3 is 2.00 bits per heavy atom. The van der Waals surface area contributed by atoms with Gasteiger partial charge in [-0.3, -0.25) is 0 Å². The number of hydrogen-bond donors (Lipinski definition) is 0. The molecule has 0 saturated heterocycles. The fourth-order valence-electron chi connectivity index (χ4n) is 1.09. The van der Waals surface area contributed by atoms with Crippen molar-refractivity contribution in [3.05, 3.63) is 36.0 Å². The van der Waals surface area contributed by atoms with Crippen LogP contribution in [0.1, 0.15) is 27.7 Å². The molecule has 0 unspecified atom stereocenters. The summed E-state index contributed by atoms with van der Waals surface area (Å²) in [4.78, 5) is 0. The molecule has 0 spiro atoms. The molecule has 1 nitrogen and oxygen atoms in total. The molecule has 0 bridgehead atoms. The lowest BCUT2D eigenvalue weighted by molar-refractivity contribution is 0.126. The Hall–Kier alpha value is -0.820. The molecule has 0 rings (SSSR count). The highest BCUT2D eigenvalue weighted by Gasteiger charge is 2.10. The van der Waals surface area contributed by atoms with E-state index in [4.69, 9.17) is 4.74 Å². The molecule has 0 heterocycles. The van der Waals surface area contributed by atoms with Gasteiger partial charge in [-0.05, 0) is 38.8 Å². The van der Waals surface area contributed by atoms with Crippen LogP contribution in [0.25, 0.3) is 0 Å². The van der Waals surface area contributed by atoms with Crippen LogP contribution in [0, 0.1) is 0 Å². The summed E-state index contributed by atoms with van der Waals surface area (Å²) < 4.78 is 5.64. The highest BCUT2D eigenvalue weighted by Crippen LogP contribution is 2.15. The normalized spacial score (nSPS) is 13.6. The zero-order valence-corrected chi connectivity index (χ0v) is 9.13. The van der Waals surface area contributed by atoms with Crippen molar-refractivity contribution in [3.8, 4) is 0 Å². The standard InChI is InChI=1S/C12H20O/c1-6-9-13-12(10(4)7-2)11(5)8-3/h6-8,12H,1,9H2,2-5H3/b10-7-,11-8-. The fraction of sp³-hybridized carbons (Fsp3) is 0.500. The molecule has 0 saturated carbocycles. The van der Waals surface area contributed by atoms with Crippen molar-refractivity contribution < 1.29 is 4.74 Å². The number of rotatable bonds is 5. The van der Waals surface area contributed by atoms with Gasteiger partial charge < -0.3 is 4.74 Å². The first-order valence-corrected chi connectivity index (χ1v) is 4.65. The molecule has 0 aliphatic carbocycles. The number of ether oxygens (including phenoxy) is 1. The minimum absolute atomic E-state index is 0.119. The van der Waals surface area contributed by atoms with Crippen molar-refractivity contribution in [2.24, 2.45) is 0 Å². The smallest absolute Gasteiger partial charge is 0.0994 e. The Morgan fingerprint density at radius 2 is 1.69 bits per heavy atom. The lowest BCUT2D eigenvalue weighted by Crippen LogP contribution is -2.16. The van der Waals surface area contributed by atoms with Gasteiger partial charge in [-0.2, -0.15) is 0 Å². The summed E-state index contributed by atoms with van der Waals surface area (Å²) in [6, 6.07) is 0. The Kier molecular flexibility index (Phi) is 6.25. The molecule has 0 aromatic rings. The molecular formula is C12H20O. The molecule has 0 aromatic heterocycles. The maximum atomic E-state index is 5.64.